The minimum atomic E-state index is 0.00831. The molecule has 0 spiro atoms. The fraction of sp³-hybridized carbons (Fsp3) is 0.562. The molecule has 2 saturated carbocycles. The summed E-state index contributed by atoms with van der Waals surface area (Å²) in [7, 11) is 0. The maximum absolute atomic E-state index is 11.7. The standard InChI is InChI=1S/C16H22N2O/c1-2-17-16(19)12-5-7-14(8-6-12)18-15-10-11-3-4-13(15)9-11/h5-8,11,13,15,18H,2-4,9-10H2,1H3,(H,17,19). The summed E-state index contributed by atoms with van der Waals surface area (Å²) in [5.41, 5.74) is 1.88. The highest BCUT2D eigenvalue weighted by molar-refractivity contribution is 5.94. The molecule has 2 bridgehead atoms. The van der Waals surface area contributed by atoms with Crippen LogP contribution in [0.2, 0.25) is 0 Å². The summed E-state index contributed by atoms with van der Waals surface area (Å²) in [6.45, 7) is 2.60. The number of benzene rings is 1. The van der Waals surface area contributed by atoms with Gasteiger partial charge in [-0.25, -0.2) is 0 Å². The van der Waals surface area contributed by atoms with Crippen LogP contribution in [0.1, 0.15) is 43.0 Å². The number of fused-ring (bicyclic) bond motifs is 2. The van der Waals surface area contributed by atoms with E-state index in [0.29, 0.717) is 12.6 Å². The van der Waals surface area contributed by atoms with Crippen LogP contribution in [0.25, 0.3) is 0 Å². The van der Waals surface area contributed by atoms with Gasteiger partial charge in [0, 0.05) is 23.8 Å². The van der Waals surface area contributed by atoms with Crippen molar-refractivity contribution in [3.05, 3.63) is 29.8 Å². The highest BCUT2D eigenvalue weighted by atomic mass is 16.1. The second kappa shape index (κ2) is 5.24. The minimum Gasteiger partial charge on any atom is -0.382 e. The number of carbonyl (C=O) groups is 1. The molecule has 0 heterocycles. The lowest BCUT2D eigenvalue weighted by Crippen LogP contribution is -2.26. The van der Waals surface area contributed by atoms with Gasteiger partial charge in [-0.3, -0.25) is 4.79 Å². The molecule has 102 valence electrons. The number of rotatable bonds is 4. The molecular formula is C16H22N2O. The Morgan fingerprint density at radius 1 is 1.21 bits per heavy atom. The molecule has 19 heavy (non-hydrogen) atoms. The molecule has 2 aliphatic carbocycles. The van der Waals surface area contributed by atoms with E-state index in [1.54, 1.807) is 0 Å². The summed E-state index contributed by atoms with van der Waals surface area (Å²) >= 11 is 0. The molecule has 0 radical (unpaired) electrons. The molecule has 3 nitrogen and oxygen atoms in total. The number of anilines is 1. The molecule has 1 aromatic rings. The van der Waals surface area contributed by atoms with Crippen LogP contribution in [0.4, 0.5) is 5.69 Å². The fourth-order valence-corrected chi connectivity index (χ4v) is 3.62. The zero-order valence-electron chi connectivity index (χ0n) is 11.5. The van der Waals surface area contributed by atoms with Crippen molar-refractivity contribution in [3.8, 4) is 0 Å². The van der Waals surface area contributed by atoms with E-state index < -0.39 is 0 Å². The van der Waals surface area contributed by atoms with Gasteiger partial charge in [0.05, 0.1) is 0 Å². The van der Waals surface area contributed by atoms with Gasteiger partial charge in [-0.1, -0.05) is 6.42 Å². The van der Waals surface area contributed by atoms with Crippen LogP contribution in [0.15, 0.2) is 24.3 Å². The molecule has 0 aliphatic heterocycles. The number of nitrogens with one attached hydrogen (secondary N) is 2. The van der Waals surface area contributed by atoms with Crippen LogP contribution in [-0.4, -0.2) is 18.5 Å². The van der Waals surface area contributed by atoms with E-state index in [1.807, 2.05) is 31.2 Å². The largest absolute Gasteiger partial charge is 0.382 e. The summed E-state index contributed by atoms with van der Waals surface area (Å²) < 4.78 is 0. The van der Waals surface area contributed by atoms with E-state index in [-0.39, 0.29) is 5.91 Å². The van der Waals surface area contributed by atoms with Crippen LogP contribution < -0.4 is 10.6 Å². The average molecular weight is 258 g/mol. The van der Waals surface area contributed by atoms with Crippen LogP contribution in [0, 0.1) is 11.8 Å². The zero-order valence-corrected chi connectivity index (χ0v) is 11.5. The van der Waals surface area contributed by atoms with Gasteiger partial charge in [0.1, 0.15) is 0 Å². The molecular weight excluding hydrogens is 236 g/mol. The van der Waals surface area contributed by atoms with Crippen LogP contribution in [0.3, 0.4) is 0 Å². The van der Waals surface area contributed by atoms with Crippen molar-refractivity contribution in [1.29, 1.82) is 0 Å². The van der Waals surface area contributed by atoms with Crippen molar-refractivity contribution < 1.29 is 4.79 Å². The summed E-state index contributed by atoms with van der Waals surface area (Å²) in [6, 6.07) is 8.50. The lowest BCUT2D eigenvalue weighted by molar-refractivity contribution is 0.0956. The molecule has 3 atom stereocenters. The van der Waals surface area contributed by atoms with Gasteiger partial charge in [-0.2, -0.15) is 0 Å². The molecule has 0 aromatic heterocycles. The average Bonchev–Trinajstić information content (AvgIpc) is 3.02. The first-order valence-electron chi connectivity index (χ1n) is 7.41. The first-order valence-corrected chi connectivity index (χ1v) is 7.41. The van der Waals surface area contributed by atoms with Crippen molar-refractivity contribution in [2.45, 2.75) is 38.6 Å². The van der Waals surface area contributed by atoms with Gasteiger partial charge in [0.15, 0.2) is 0 Å². The Balaban J connectivity index is 1.61. The highest BCUT2D eigenvalue weighted by Crippen LogP contribution is 2.45. The second-order valence-electron chi connectivity index (χ2n) is 5.86. The van der Waals surface area contributed by atoms with Crippen LogP contribution >= 0.6 is 0 Å². The summed E-state index contributed by atoms with van der Waals surface area (Å²) in [6.07, 6.45) is 5.55. The van der Waals surface area contributed by atoms with E-state index in [9.17, 15) is 4.79 Å². The first-order chi connectivity index (χ1) is 9.26. The molecule has 1 aromatic carbocycles. The third-order valence-electron chi connectivity index (χ3n) is 4.57. The Hall–Kier alpha value is -1.51. The Bertz CT molecular complexity index is 454. The SMILES string of the molecule is CCNC(=O)c1ccc(NC2CC3CCC2C3)cc1. The number of hydrogen-bond acceptors (Lipinski definition) is 2. The van der Waals surface area contributed by atoms with E-state index >= 15 is 0 Å². The Morgan fingerprint density at radius 3 is 2.58 bits per heavy atom. The molecule has 2 aliphatic rings. The van der Waals surface area contributed by atoms with E-state index in [2.05, 4.69) is 10.6 Å². The molecule has 2 fully saturated rings. The maximum atomic E-state index is 11.7. The Labute approximate surface area is 114 Å². The van der Waals surface area contributed by atoms with Gasteiger partial charge < -0.3 is 10.6 Å². The molecule has 3 heteroatoms. The van der Waals surface area contributed by atoms with Crippen molar-refractivity contribution in [3.63, 3.8) is 0 Å². The fourth-order valence-electron chi connectivity index (χ4n) is 3.62. The smallest absolute Gasteiger partial charge is 0.251 e. The lowest BCUT2D eigenvalue weighted by Gasteiger charge is -2.24. The van der Waals surface area contributed by atoms with Gasteiger partial charge in [0.25, 0.3) is 5.91 Å². The van der Waals surface area contributed by atoms with Gasteiger partial charge in [-0.05, 0) is 62.3 Å². The topological polar surface area (TPSA) is 41.1 Å². The first kappa shape index (κ1) is 12.5. The number of carbonyl (C=O) groups excluding carboxylic acids is 1. The van der Waals surface area contributed by atoms with Gasteiger partial charge in [0.2, 0.25) is 0 Å². The highest BCUT2D eigenvalue weighted by Gasteiger charge is 2.39. The minimum absolute atomic E-state index is 0.00831. The maximum Gasteiger partial charge on any atom is 0.251 e. The molecule has 3 unspecified atom stereocenters. The van der Waals surface area contributed by atoms with Crippen molar-refractivity contribution in [2.24, 2.45) is 11.8 Å². The van der Waals surface area contributed by atoms with Gasteiger partial charge in [-0.15, -0.1) is 0 Å². The monoisotopic (exact) mass is 258 g/mol. The van der Waals surface area contributed by atoms with Crippen LogP contribution in [0.5, 0.6) is 0 Å². The van der Waals surface area contributed by atoms with Crippen molar-refractivity contribution in [2.75, 3.05) is 11.9 Å². The van der Waals surface area contributed by atoms with Crippen molar-refractivity contribution in [1.82, 2.24) is 5.32 Å². The van der Waals surface area contributed by atoms with Gasteiger partial charge >= 0.3 is 0 Å². The van der Waals surface area contributed by atoms with Crippen LogP contribution in [-0.2, 0) is 0 Å². The summed E-state index contributed by atoms with van der Waals surface area (Å²) in [4.78, 5) is 11.7. The normalized spacial score (nSPS) is 28.4. The predicted octanol–water partition coefficient (Wildman–Crippen LogP) is 3.04. The Kier molecular flexibility index (Phi) is 3.45. The molecule has 0 saturated heterocycles. The molecule has 3 rings (SSSR count). The third-order valence-corrected chi connectivity index (χ3v) is 4.57. The lowest BCUT2D eigenvalue weighted by atomic mass is 9.95. The Morgan fingerprint density at radius 2 is 2.00 bits per heavy atom. The summed E-state index contributed by atoms with van der Waals surface area (Å²) in [5, 5.41) is 6.46. The number of amides is 1. The zero-order chi connectivity index (χ0) is 13.2. The van der Waals surface area contributed by atoms with Crippen molar-refractivity contribution >= 4 is 11.6 Å². The summed E-state index contributed by atoms with van der Waals surface area (Å²) in [5.74, 6) is 1.83. The van der Waals surface area contributed by atoms with E-state index in [1.165, 1.54) is 25.7 Å². The predicted molar refractivity (Wildman–Crippen MR) is 77.3 cm³/mol. The second-order valence-corrected chi connectivity index (χ2v) is 5.86. The van der Waals surface area contributed by atoms with E-state index in [0.717, 1.165) is 23.1 Å². The quantitative estimate of drug-likeness (QED) is 0.871. The van der Waals surface area contributed by atoms with E-state index in [4.69, 9.17) is 0 Å². The number of hydrogen-bond donors (Lipinski definition) is 2. The molecule has 2 N–H and O–H groups in total. The molecule has 1 amide bonds. The third kappa shape index (κ3) is 2.60.